The van der Waals surface area contributed by atoms with E-state index in [1.54, 1.807) is 0 Å². The van der Waals surface area contributed by atoms with Gasteiger partial charge >= 0.3 is 0 Å². The maximum Gasteiger partial charge on any atom is 0.276 e. The fraction of sp³-hybridized carbons (Fsp3) is 0.208. The molecule has 0 saturated carbocycles. The second-order valence-electron chi connectivity index (χ2n) is 7.48. The summed E-state index contributed by atoms with van der Waals surface area (Å²) in [6, 6.07) is 20.7. The van der Waals surface area contributed by atoms with Crippen molar-refractivity contribution in [2.45, 2.75) is 32.6 Å². The number of nitrogens with zero attached hydrogens (tertiary/aromatic N) is 3. The molecule has 0 spiro atoms. The van der Waals surface area contributed by atoms with Crippen molar-refractivity contribution in [2.24, 2.45) is 0 Å². The second kappa shape index (κ2) is 7.76. The van der Waals surface area contributed by atoms with Crippen LogP contribution in [0.5, 0.6) is 0 Å². The summed E-state index contributed by atoms with van der Waals surface area (Å²) in [6.45, 7) is 3.98. The van der Waals surface area contributed by atoms with Crippen molar-refractivity contribution in [3.8, 4) is 17.3 Å². The lowest BCUT2D eigenvalue weighted by atomic mass is 9.96. The average Bonchev–Trinajstić information content (AvgIpc) is 3.16. The third kappa shape index (κ3) is 3.57. The van der Waals surface area contributed by atoms with Crippen molar-refractivity contribution >= 4 is 5.65 Å². The minimum Gasteiger partial charge on any atom is -0.295 e. The fourth-order valence-corrected chi connectivity index (χ4v) is 3.66. The number of rotatable bonds is 5. The number of aromatic nitrogens is 3. The quantitative estimate of drug-likeness (QED) is 0.553. The predicted molar refractivity (Wildman–Crippen MR) is 114 cm³/mol. The molecule has 0 aliphatic carbocycles. The Hall–Kier alpha value is -3.65. The molecule has 5 nitrogen and oxygen atoms in total. The molecule has 4 aromatic rings. The molecular weight excluding hydrogens is 360 g/mol. The number of aryl methyl sites for hydroxylation is 2. The van der Waals surface area contributed by atoms with Crippen LogP contribution in [0.15, 0.2) is 65.6 Å². The van der Waals surface area contributed by atoms with Gasteiger partial charge in [-0.1, -0.05) is 62.4 Å². The molecule has 0 aliphatic rings. The Morgan fingerprint density at radius 2 is 1.79 bits per heavy atom. The molecule has 144 valence electrons. The van der Waals surface area contributed by atoms with E-state index in [0.717, 1.165) is 18.4 Å². The highest BCUT2D eigenvalue weighted by Gasteiger charge is 2.20. The van der Waals surface area contributed by atoms with Gasteiger partial charge in [-0.25, -0.2) is 9.50 Å². The van der Waals surface area contributed by atoms with Gasteiger partial charge in [0.1, 0.15) is 11.6 Å². The number of nitriles is 1. The summed E-state index contributed by atoms with van der Waals surface area (Å²) < 4.78 is 1.36. The van der Waals surface area contributed by atoms with E-state index in [1.807, 2.05) is 32.0 Å². The topological polar surface area (TPSA) is 73.9 Å². The lowest BCUT2D eigenvalue weighted by Crippen LogP contribution is -2.22. The Morgan fingerprint density at radius 3 is 2.52 bits per heavy atom. The van der Waals surface area contributed by atoms with Gasteiger partial charge in [0.2, 0.25) is 0 Å². The van der Waals surface area contributed by atoms with Crippen LogP contribution in [0.4, 0.5) is 0 Å². The van der Waals surface area contributed by atoms with Gasteiger partial charge in [-0.05, 0) is 36.0 Å². The van der Waals surface area contributed by atoms with Crippen molar-refractivity contribution in [1.82, 2.24) is 14.6 Å². The lowest BCUT2D eigenvalue weighted by molar-refractivity contribution is 0.797. The Bertz CT molecular complexity index is 1260. The zero-order valence-corrected chi connectivity index (χ0v) is 16.5. The first kappa shape index (κ1) is 18.7. The summed E-state index contributed by atoms with van der Waals surface area (Å²) in [6.07, 6.45) is 3.38. The smallest absolute Gasteiger partial charge is 0.276 e. The monoisotopic (exact) mass is 382 g/mol. The van der Waals surface area contributed by atoms with Crippen molar-refractivity contribution < 1.29 is 0 Å². The van der Waals surface area contributed by atoms with Crippen LogP contribution in [0.25, 0.3) is 16.9 Å². The van der Waals surface area contributed by atoms with Crippen molar-refractivity contribution in [3.05, 3.63) is 93.4 Å². The summed E-state index contributed by atoms with van der Waals surface area (Å²) in [5.41, 5.74) is 5.27. The van der Waals surface area contributed by atoms with E-state index in [0.29, 0.717) is 22.5 Å². The van der Waals surface area contributed by atoms with Gasteiger partial charge in [-0.2, -0.15) is 5.26 Å². The Balaban J connectivity index is 1.79. The van der Waals surface area contributed by atoms with E-state index in [-0.39, 0.29) is 11.5 Å². The first-order valence-electron chi connectivity index (χ1n) is 9.76. The number of fused-ring (bicyclic) bond motifs is 1. The number of nitrogens with one attached hydrogen (secondary N) is 1. The number of H-pyrrole nitrogens is 1. The van der Waals surface area contributed by atoms with Crippen molar-refractivity contribution in [2.75, 3.05) is 0 Å². The van der Waals surface area contributed by atoms with Crippen LogP contribution in [0.3, 0.4) is 0 Å². The van der Waals surface area contributed by atoms with Crippen LogP contribution in [0.1, 0.15) is 42.0 Å². The first-order chi connectivity index (χ1) is 14.1. The van der Waals surface area contributed by atoms with Gasteiger partial charge in [0.15, 0.2) is 5.65 Å². The maximum absolute atomic E-state index is 13.1. The molecule has 0 amide bonds. The van der Waals surface area contributed by atoms with Gasteiger partial charge in [-0.3, -0.25) is 9.89 Å². The minimum atomic E-state index is -0.156. The molecule has 0 radical (unpaired) electrons. The molecule has 0 fully saturated rings. The summed E-state index contributed by atoms with van der Waals surface area (Å²) in [5.74, 6) is 0.00344. The molecule has 1 N–H and O–H groups in total. The normalized spacial score (nSPS) is 11.1. The highest BCUT2D eigenvalue weighted by molar-refractivity contribution is 5.68. The largest absolute Gasteiger partial charge is 0.295 e. The van der Waals surface area contributed by atoms with Gasteiger partial charge < -0.3 is 0 Å². The Morgan fingerprint density at radius 1 is 1.07 bits per heavy atom. The van der Waals surface area contributed by atoms with E-state index in [9.17, 15) is 10.1 Å². The molecule has 0 bridgehead atoms. The van der Waals surface area contributed by atoms with Crippen LogP contribution in [0, 0.1) is 11.3 Å². The number of hydrogen-bond donors (Lipinski definition) is 1. The fourth-order valence-electron chi connectivity index (χ4n) is 3.66. The SMILES string of the molecule is CC(C)c1c(-c2cccc(CCc3ccccc3)c2)nc2c(C#N)c[nH]n2c1=O. The summed E-state index contributed by atoms with van der Waals surface area (Å²) >= 11 is 0. The zero-order valence-electron chi connectivity index (χ0n) is 16.5. The number of benzene rings is 2. The van der Waals surface area contributed by atoms with E-state index in [2.05, 4.69) is 47.6 Å². The van der Waals surface area contributed by atoms with Gasteiger partial charge in [-0.15, -0.1) is 0 Å². The van der Waals surface area contributed by atoms with Crippen molar-refractivity contribution in [1.29, 1.82) is 5.26 Å². The van der Waals surface area contributed by atoms with E-state index in [4.69, 9.17) is 4.98 Å². The summed E-state index contributed by atoms with van der Waals surface area (Å²) in [7, 11) is 0. The minimum absolute atomic E-state index is 0.00344. The molecule has 0 atom stereocenters. The zero-order chi connectivity index (χ0) is 20.4. The van der Waals surface area contributed by atoms with Gasteiger partial charge in [0, 0.05) is 17.3 Å². The third-order valence-corrected chi connectivity index (χ3v) is 5.14. The number of aromatic amines is 1. The average molecular weight is 382 g/mol. The van der Waals surface area contributed by atoms with Crippen LogP contribution < -0.4 is 5.56 Å². The molecule has 29 heavy (non-hydrogen) atoms. The van der Waals surface area contributed by atoms with Crippen LogP contribution >= 0.6 is 0 Å². The first-order valence-corrected chi connectivity index (χ1v) is 9.76. The molecular formula is C24H22N4O. The molecule has 0 unspecified atom stereocenters. The molecule has 2 aromatic carbocycles. The second-order valence-corrected chi connectivity index (χ2v) is 7.48. The maximum atomic E-state index is 13.1. The van der Waals surface area contributed by atoms with Gasteiger partial charge in [0.05, 0.1) is 5.69 Å². The molecule has 2 aromatic heterocycles. The molecule has 5 heteroatoms. The van der Waals surface area contributed by atoms with Gasteiger partial charge in [0.25, 0.3) is 5.56 Å². The molecule has 0 saturated heterocycles. The standard InChI is InChI=1S/C24H22N4O/c1-16(2)21-22(27-23-20(14-25)15-26-28(23)24(21)29)19-10-6-9-18(13-19)12-11-17-7-4-3-5-8-17/h3-10,13,15-16,26H,11-12H2,1-2H3. The highest BCUT2D eigenvalue weighted by Crippen LogP contribution is 2.27. The molecule has 4 rings (SSSR count). The number of hydrogen-bond acceptors (Lipinski definition) is 3. The lowest BCUT2D eigenvalue weighted by Gasteiger charge is -2.13. The summed E-state index contributed by atoms with van der Waals surface area (Å²) in [5, 5.41) is 12.2. The Labute approximate surface area is 169 Å². The highest BCUT2D eigenvalue weighted by atomic mass is 16.1. The van der Waals surface area contributed by atoms with E-state index in [1.165, 1.54) is 21.8 Å². The van der Waals surface area contributed by atoms with E-state index >= 15 is 0 Å². The molecule has 0 aliphatic heterocycles. The summed E-state index contributed by atoms with van der Waals surface area (Å²) in [4.78, 5) is 17.8. The predicted octanol–water partition coefficient (Wildman–Crippen LogP) is 4.47. The van der Waals surface area contributed by atoms with Crippen LogP contribution in [0.2, 0.25) is 0 Å². The van der Waals surface area contributed by atoms with Crippen molar-refractivity contribution in [3.63, 3.8) is 0 Å². The third-order valence-electron chi connectivity index (χ3n) is 5.14. The van der Waals surface area contributed by atoms with E-state index < -0.39 is 0 Å². The van der Waals surface area contributed by atoms with Crippen LogP contribution in [-0.4, -0.2) is 14.6 Å². The van der Waals surface area contributed by atoms with Crippen LogP contribution in [-0.2, 0) is 12.8 Å². The Kier molecular flexibility index (Phi) is 5.01. The molecule has 2 heterocycles.